The molecule has 4 heteroatoms. The Bertz CT molecular complexity index is 580. The van der Waals surface area contributed by atoms with Gasteiger partial charge in [-0.05, 0) is 23.8 Å². The molecule has 0 spiro atoms. The number of carbonyl (C=O) groups is 1. The Morgan fingerprint density at radius 3 is 2.58 bits per heavy atom. The van der Waals surface area contributed by atoms with Gasteiger partial charge in [0.05, 0.1) is 0 Å². The maximum absolute atomic E-state index is 11.6. The van der Waals surface area contributed by atoms with Crippen molar-refractivity contribution >= 4 is 17.8 Å². The standard InChI is InChI=1S/C15H14N2O2/c18-14-8-4-7-13(11-14)17-15(19)16-10-9-12-5-2-1-3-6-12/h1-11,18H,(H2,16,17,19)/b10-9+. The third kappa shape index (κ3) is 4.20. The number of rotatable bonds is 3. The van der Waals surface area contributed by atoms with Crippen LogP contribution in [0.2, 0.25) is 0 Å². The van der Waals surface area contributed by atoms with Crippen molar-refractivity contribution in [2.45, 2.75) is 0 Å². The summed E-state index contributed by atoms with van der Waals surface area (Å²) in [5.41, 5.74) is 1.53. The predicted octanol–water partition coefficient (Wildman–Crippen LogP) is 3.18. The van der Waals surface area contributed by atoms with Crippen LogP contribution in [0, 0.1) is 0 Å². The first-order valence-corrected chi connectivity index (χ1v) is 5.82. The number of carbonyl (C=O) groups excluding carboxylic acids is 1. The highest BCUT2D eigenvalue weighted by Gasteiger charge is 1.99. The molecule has 0 saturated carbocycles. The summed E-state index contributed by atoms with van der Waals surface area (Å²) >= 11 is 0. The molecule has 0 aliphatic rings. The van der Waals surface area contributed by atoms with Gasteiger partial charge in [0.25, 0.3) is 0 Å². The van der Waals surface area contributed by atoms with Gasteiger partial charge in [0.15, 0.2) is 0 Å². The number of aromatic hydroxyl groups is 1. The number of phenolic OH excluding ortho intramolecular Hbond substituents is 1. The SMILES string of the molecule is O=C(N/C=C/c1ccccc1)Nc1cccc(O)c1. The van der Waals surface area contributed by atoms with E-state index in [0.29, 0.717) is 5.69 Å². The van der Waals surface area contributed by atoms with Crippen LogP contribution in [-0.2, 0) is 0 Å². The fourth-order valence-corrected chi connectivity index (χ4v) is 1.53. The number of benzene rings is 2. The summed E-state index contributed by atoms with van der Waals surface area (Å²) in [6, 6.07) is 15.6. The van der Waals surface area contributed by atoms with Crippen LogP contribution >= 0.6 is 0 Å². The quantitative estimate of drug-likeness (QED) is 0.787. The molecule has 0 unspecified atom stereocenters. The minimum atomic E-state index is -0.363. The second kappa shape index (κ2) is 6.26. The van der Waals surface area contributed by atoms with Crippen LogP contribution < -0.4 is 10.6 Å². The normalized spacial score (nSPS) is 10.3. The van der Waals surface area contributed by atoms with Crippen LogP contribution in [0.25, 0.3) is 6.08 Å². The molecule has 19 heavy (non-hydrogen) atoms. The molecule has 0 bridgehead atoms. The van der Waals surface area contributed by atoms with E-state index in [1.54, 1.807) is 30.5 Å². The lowest BCUT2D eigenvalue weighted by atomic mass is 10.2. The fourth-order valence-electron chi connectivity index (χ4n) is 1.53. The first-order chi connectivity index (χ1) is 9.24. The number of urea groups is 1. The van der Waals surface area contributed by atoms with Gasteiger partial charge in [0.1, 0.15) is 5.75 Å². The molecule has 0 aliphatic heterocycles. The summed E-state index contributed by atoms with van der Waals surface area (Å²) < 4.78 is 0. The minimum absolute atomic E-state index is 0.109. The summed E-state index contributed by atoms with van der Waals surface area (Å²) in [4.78, 5) is 11.6. The van der Waals surface area contributed by atoms with E-state index in [-0.39, 0.29) is 11.8 Å². The third-order valence-corrected chi connectivity index (χ3v) is 2.39. The van der Waals surface area contributed by atoms with Gasteiger partial charge >= 0.3 is 6.03 Å². The fraction of sp³-hybridized carbons (Fsp3) is 0. The van der Waals surface area contributed by atoms with Gasteiger partial charge in [-0.25, -0.2) is 4.79 Å². The summed E-state index contributed by atoms with van der Waals surface area (Å²) in [5.74, 6) is 0.109. The summed E-state index contributed by atoms with van der Waals surface area (Å²) in [7, 11) is 0. The molecule has 0 atom stereocenters. The van der Waals surface area contributed by atoms with E-state index < -0.39 is 0 Å². The Balaban J connectivity index is 1.87. The second-order valence-corrected chi connectivity index (χ2v) is 3.89. The lowest BCUT2D eigenvalue weighted by molar-refractivity contribution is 0.255. The maximum Gasteiger partial charge on any atom is 0.323 e. The molecular formula is C15H14N2O2. The van der Waals surface area contributed by atoms with Crippen molar-refractivity contribution in [3.8, 4) is 5.75 Å². The highest BCUT2D eigenvalue weighted by molar-refractivity contribution is 5.90. The molecule has 2 aromatic rings. The number of nitrogens with one attached hydrogen (secondary N) is 2. The molecule has 0 radical (unpaired) electrons. The Labute approximate surface area is 111 Å². The maximum atomic E-state index is 11.6. The summed E-state index contributed by atoms with van der Waals surface area (Å²) in [6.07, 6.45) is 3.36. The zero-order valence-electron chi connectivity index (χ0n) is 10.2. The number of phenols is 1. The third-order valence-electron chi connectivity index (χ3n) is 2.39. The van der Waals surface area contributed by atoms with Gasteiger partial charge in [0.2, 0.25) is 0 Å². The van der Waals surface area contributed by atoms with Gasteiger partial charge < -0.3 is 15.7 Å². The molecule has 2 amide bonds. The molecule has 0 saturated heterocycles. The second-order valence-electron chi connectivity index (χ2n) is 3.89. The average molecular weight is 254 g/mol. The molecule has 0 aromatic heterocycles. The monoisotopic (exact) mass is 254 g/mol. The minimum Gasteiger partial charge on any atom is -0.508 e. The van der Waals surface area contributed by atoms with Crippen LogP contribution in [0.5, 0.6) is 5.75 Å². The lowest BCUT2D eigenvalue weighted by Crippen LogP contribution is -2.23. The number of anilines is 1. The topological polar surface area (TPSA) is 61.4 Å². The molecule has 2 rings (SSSR count). The first-order valence-electron chi connectivity index (χ1n) is 5.82. The highest BCUT2D eigenvalue weighted by atomic mass is 16.3. The molecule has 96 valence electrons. The largest absolute Gasteiger partial charge is 0.508 e. The van der Waals surface area contributed by atoms with Crippen molar-refractivity contribution in [1.29, 1.82) is 0 Å². The Morgan fingerprint density at radius 2 is 1.84 bits per heavy atom. The van der Waals surface area contributed by atoms with Crippen molar-refractivity contribution < 1.29 is 9.90 Å². The van der Waals surface area contributed by atoms with Crippen LogP contribution in [0.1, 0.15) is 5.56 Å². The van der Waals surface area contributed by atoms with Crippen LogP contribution in [-0.4, -0.2) is 11.1 Å². The Morgan fingerprint density at radius 1 is 1.05 bits per heavy atom. The van der Waals surface area contributed by atoms with Gasteiger partial charge in [-0.1, -0.05) is 36.4 Å². The number of amides is 2. The van der Waals surface area contributed by atoms with Crippen molar-refractivity contribution in [2.24, 2.45) is 0 Å². The van der Waals surface area contributed by atoms with E-state index >= 15 is 0 Å². The molecule has 3 N–H and O–H groups in total. The molecule has 0 heterocycles. The van der Waals surface area contributed by atoms with Crippen molar-refractivity contribution in [2.75, 3.05) is 5.32 Å². The number of hydrogen-bond acceptors (Lipinski definition) is 2. The summed E-state index contributed by atoms with van der Waals surface area (Å²) in [5, 5.41) is 14.5. The van der Waals surface area contributed by atoms with Crippen LogP contribution in [0.4, 0.5) is 10.5 Å². The van der Waals surface area contributed by atoms with E-state index in [2.05, 4.69) is 10.6 Å². The average Bonchev–Trinajstić information content (AvgIpc) is 2.40. The van der Waals surface area contributed by atoms with Gasteiger partial charge in [0, 0.05) is 18.0 Å². The van der Waals surface area contributed by atoms with Crippen molar-refractivity contribution in [3.05, 3.63) is 66.4 Å². The zero-order valence-corrected chi connectivity index (χ0v) is 10.2. The lowest BCUT2D eigenvalue weighted by Gasteiger charge is -2.04. The van der Waals surface area contributed by atoms with E-state index in [4.69, 9.17) is 0 Å². The zero-order chi connectivity index (χ0) is 13.5. The van der Waals surface area contributed by atoms with E-state index in [0.717, 1.165) is 5.56 Å². The van der Waals surface area contributed by atoms with E-state index in [1.165, 1.54) is 6.07 Å². The molecule has 0 fully saturated rings. The first kappa shape index (κ1) is 12.7. The van der Waals surface area contributed by atoms with Crippen molar-refractivity contribution in [1.82, 2.24) is 5.32 Å². The molecular weight excluding hydrogens is 240 g/mol. The van der Waals surface area contributed by atoms with Crippen LogP contribution in [0.3, 0.4) is 0 Å². The smallest absolute Gasteiger partial charge is 0.323 e. The predicted molar refractivity (Wildman–Crippen MR) is 75.7 cm³/mol. The van der Waals surface area contributed by atoms with Gasteiger partial charge in [-0.2, -0.15) is 0 Å². The Hall–Kier alpha value is -2.75. The van der Waals surface area contributed by atoms with Crippen molar-refractivity contribution in [3.63, 3.8) is 0 Å². The van der Waals surface area contributed by atoms with Crippen LogP contribution in [0.15, 0.2) is 60.8 Å². The summed E-state index contributed by atoms with van der Waals surface area (Å²) in [6.45, 7) is 0. The highest BCUT2D eigenvalue weighted by Crippen LogP contribution is 2.14. The molecule has 4 nitrogen and oxygen atoms in total. The van der Waals surface area contributed by atoms with Gasteiger partial charge in [-0.15, -0.1) is 0 Å². The molecule has 2 aromatic carbocycles. The van der Waals surface area contributed by atoms with E-state index in [1.807, 2.05) is 30.3 Å². The number of hydrogen-bond donors (Lipinski definition) is 3. The molecule has 0 aliphatic carbocycles. The Kier molecular flexibility index (Phi) is 4.18. The van der Waals surface area contributed by atoms with Gasteiger partial charge in [-0.3, -0.25) is 0 Å². The van der Waals surface area contributed by atoms with E-state index in [9.17, 15) is 9.90 Å².